The predicted octanol–water partition coefficient (Wildman–Crippen LogP) is 7.10. The summed E-state index contributed by atoms with van der Waals surface area (Å²) in [5.41, 5.74) is -8.45. The van der Waals surface area contributed by atoms with Gasteiger partial charge in [0.15, 0.2) is 31.9 Å². The van der Waals surface area contributed by atoms with Gasteiger partial charge >= 0.3 is 30.1 Å². The van der Waals surface area contributed by atoms with E-state index in [0.29, 0.717) is 23.0 Å². The summed E-state index contributed by atoms with van der Waals surface area (Å²) in [5, 5.41) is 33.6. The molecule has 69 heavy (non-hydrogen) atoms. The fourth-order valence-corrected chi connectivity index (χ4v) is 14.6. The van der Waals surface area contributed by atoms with Crippen molar-refractivity contribution in [2.24, 2.45) is 16.7 Å². The molecule has 3 fully saturated rings. The summed E-state index contributed by atoms with van der Waals surface area (Å²) in [6.45, 7) is 20.0. The molecule has 17 nitrogen and oxygen atoms in total. The van der Waals surface area contributed by atoms with Crippen LogP contribution in [0.25, 0.3) is 0 Å². The van der Waals surface area contributed by atoms with Crippen LogP contribution in [0.4, 0.5) is 9.59 Å². The molecule has 0 radical (unpaired) electrons. The van der Waals surface area contributed by atoms with Crippen molar-refractivity contribution in [1.29, 1.82) is 0 Å². The molecule has 380 valence electrons. The zero-order chi connectivity index (χ0) is 51.1. The number of benzene rings is 1. The molecule has 1 unspecified atom stereocenters. The maximum absolute atomic E-state index is 15.9. The maximum atomic E-state index is 15.9. The number of rotatable bonds is 15. The number of aliphatic hydroxyl groups is 2. The number of hydrogen-bond donors (Lipinski definition) is 4. The van der Waals surface area contributed by atoms with Gasteiger partial charge in [-0.05, 0) is 94.4 Å². The number of esters is 3. The number of alkyl carbamates (subject to hydrolysis) is 2. The van der Waals surface area contributed by atoms with Gasteiger partial charge in [-0.15, -0.1) is 11.3 Å². The van der Waals surface area contributed by atoms with Crippen molar-refractivity contribution in [3.63, 3.8) is 0 Å². The summed E-state index contributed by atoms with van der Waals surface area (Å²) in [6, 6.07) is 12.2. The van der Waals surface area contributed by atoms with E-state index < -0.39 is 127 Å². The van der Waals surface area contributed by atoms with Gasteiger partial charge in [0.2, 0.25) is 0 Å². The largest absolute Gasteiger partial charge is 0.456 e. The standard InChI is InChI=1S/C50H70N2O15SSi/c1-13-51-44(58)63-37-35-28(5)31(62-43(57)38(67-69(14-2,15-3)16-4)36(32-23-20-24-68-32)52-45(59)66-46(7,8)9)26-50(60,47(35,10)11)41(64-42(56)30-21-18-17-19-22-30)39-48(12,40(37)55)33(54)25-34-49(39,27-61-34)65-29(6)53/h17-24,31,33-34,36-39,41,54,60H,13-16,25-27H2,1-12H3,(H,51,58)(H,52,59)/t31-,33-,34+,36-,37+,38+,39?,41-,48+,49-,50+/m0/s1. The molecule has 2 bridgehead atoms. The average Bonchev–Trinajstić information content (AvgIpc) is 3.82. The highest BCUT2D eigenvalue weighted by Crippen LogP contribution is 2.64. The number of thiophene rings is 1. The van der Waals surface area contributed by atoms with Crippen LogP contribution in [-0.4, -0.2) is 121 Å². The van der Waals surface area contributed by atoms with Crippen LogP contribution in [0.1, 0.15) is 117 Å². The molecule has 4 aliphatic rings. The van der Waals surface area contributed by atoms with Crippen molar-refractivity contribution in [1.82, 2.24) is 10.6 Å². The third kappa shape index (κ3) is 9.88. The molecule has 1 saturated heterocycles. The fraction of sp³-hybridized carbons (Fsp3) is 0.640. The third-order valence-corrected chi connectivity index (χ3v) is 20.6. The Morgan fingerprint density at radius 1 is 0.942 bits per heavy atom. The van der Waals surface area contributed by atoms with Gasteiger partial charge in [0.05, 0.1) is 29.6 Å². The fourth-order valence-electron chi connectivity index (χ4n) is 11.1. The summed E-state index contributed by atoms with van der Waals surface area (Å²) in [6.07, 6.45) is -11.7. The van der Waals surface area contributed by atoms with Crippen molar-refractivity contribution in [2.45, 2.75) is 174 Å². The van der Waals surface area contributed by atoms with Crippen molar-refractivity contribution in [2.75, 3.05) is 13.2 Å². The number of ether oxygens (including phenoxy) is 6. The van der Waals surface area contributed by atoms with Crippen molar-refractivity contribution < 1.29 is 71.8 Å². The van der Waals surface area contributed by atoms with E-state index in [-0.39, 0.29) is 36.3 Å². The molecule has 2 aromatic rings. The summed E-state index contributed by atoms with van der Waals surface area (Å²) in [7, 11) is -2.74. The molecule has 3 aliphatic carbocycles. The van der Waals surface area contributed by atoms with Gasteiger partial charge in [0.25, 0.3) is 0 Å². The molecular formula is C50H70N2O15SSi. The topological polar surface area (TPSA) is 232 Å². The average molecular weight is 999 g/mol. The lowest BCUT2D eigenvalue weighted by Crippen LogP contribution is -2.82. The van der Waals surface area contributed by atoms with Crippen LogP contribution in [0.3, 0.4) is 0 Å². The quantitative estimate of drug-likeness (QED) is 0.0603. The number of aliphatic hydroxyl groups excluding tert-OH is 1. The number of ketones is 1. The van der Waals surface area contributed by atoms with E-state index in [1.807, 2.05) is 20.8 Å². The van der Waals surface area contributed by atoms with Crippen molar-refractivity contribution in [3.8, 4) is 0 Å². The SMILES string of the molecule is CCNC(=O)O[C@H]1C(=O)[C@@]2(C)C([C@H](OC(=O)c3ccccc3)[C@]3(O)C[C@H](OC(=O)[C@H](O[Si](CC)(CC)CC)[C@@H](NC(=O)OC(C)(C)C)c4cccs4)C(C)=C1C3(C)C)[C@]1(OC(C)=O)CO[C@@H]1C[C@@H]2O. The summed E-state index contributed by atoms with van der Waals surface area (Å²) < 4.78 is 44.0. The third-order valence-electron chi connectivity index (χ3n) is 15.1. The summed E-state index contributed by atoms with van der Waals surface area (Å²) in [5.74, 6) is -5.00. The molecule has 4 N–H and O–H groups in total. The van der Waals surface area contributed by atoms with E-state index in [0.717, 1.165) is 0 Å². The molecule has 6 rings (SSSR count). The molecule has 0 spiro atoms. The number of hydrogen-bond acceptors (Lipinski definition) is 16. The summed E-state index contributed by atoms with van der Waals surface area (Å²) >= 11 is 1.29. The lowest BCUT2D eigenvalue weighted by molar-refractivity contribution is -0.345. The van der Waals surface area contributed by atoms with E-state index >= 15 is 9.59 Å². The molecule has 11 atom stereocenters. The molecule has 2 heterocycles. The second-order valence-corrected chi connectivity index (χ2v) is 26.1. The van der Waals surface area contributed by atoms with Crippen LogP contribution in [0.15, 0.2) is 59.0 Å². The molecule has 19 heteroatoms. The van der Waals surface area contributed by atoms with Gasteiger partial charge < -0.3 is 53.7 Å². The highest BCUT2D eigenvalue weighted by atomic mass is 32.1. The highest BCUT2D eigenvalue weighted by molar-refractivity contribution is 7.10. The van der Waals surface area contributed by atoms with E-state index in [1.165, 1.54) is 37.3 Å². The molecule has 2 saturated carbocycles. The Morgan fingerprint density at radius 2 is 1.59 bits per heavy atom. The van der Waals surface area contributed by atoms with Crippen LogP contribution >= 0.6 is 11.3 Å². The normalized spacial score (nSPS) is 30.4. The number of carbonyl (C=O) groups is 6. The second-order valence-electron chi connectivity index (χ2n) is 20.4. The minimum absolute atomic E-state index is 0.0324. The number of amides is 2. The number of Topliss-reactive ketones (excluding diaryl/α,β-unsaturated/α-hetero) is 1. The maximum Gasteiger partial charge on any atom is 0.408 e. The van der Waals surface area contributed by atoms with Gasteiger partial charge in [-0.1, -0.05) is 58.9 Å². The van der Waals surface area contributed by atoms with E-state index in [1.54, 1.807) is 84.2 Å². The first-order valence-electron chi connectivity index (χ1n) is 23.9. The zero-order valence-electron chi connectivity index (χ0n) is 41.8. The van der Waals surface area contributed by atoms with E-state index in [9.17, 15) is 29.4 Å². The van der Waals surface area contributed by atoms with Crippen molar-refractivity contribution >= 4 is 55.5 Å². The number of nitrogens with one attached hydrogen (secondary N) is 2. The van der Waals surface area contributed by atoms with Gasteiger partial charge in [-0.25, -0.2) is 19.2 Å². The highest BCUT2D eigenvalue weighted by Gasteiger charge is 2.78. The number of fused-ring (bicyclic) bond motifs is 5. The lowest BCUT2D eigenvalue weighted by Gasteiger charge is -2.67. The van der Waals surface area contributed by atoms with Crippen LogP contribution in [0.2, 0.25) is 18.1 Å². The Labute approximate surface area is 409 Å². The zero-order valence-corrected chi connectivity index (χ0v) is 43.6. The molecule has 1 aliphatic heterocycles. The molecule has 1 aromatic carbocycles. The Hall–Kier alpha value is -4.66. The van der Waals surface area contributed by atoms with Crippen molar-refractivity contribution in [3.05, 3.63) is 69.4 Å². The Kier molecular flexibility index (Phi) is 15.7. The first-order valence-corrected chi connectivity index (χ1v) is 27.3. The van der Waals surface area contributed by atoms with Gasteiger partial charge in [0, 0.05) is 36.6 Å². The van der Waals surface area contributed by atoms with Crippen LogP contribution in [0, 0.1) is 16.7 Å². The first-order chi connectivity index (χ1) is 32.3. The van der Waals surface area contributed by atoms with Gasteiger partial charge in [-0.3, -0.25) is 9.59 Å². The van der Waals surface area contributed by atoms with Crippen LogP contribution in [0.5, 0.6) is 0 Å². The monoisotopic (exact) mass is 998 g/mol. The Bertz CT molecular complexity index is 2270. The van der Waals surface area contributed by atoms with E-state index in [4.69, 9.17) is 32.8 Å². The minimum Gasteiger partial charge on any atom is -0.456 e. The predicted molar refractivity (Wildman–Crippen MR) is 255 cm³/mol. The minimum atomic E-state index is -2.74. The smallest absolute Gasteiger partial charge is 0.408 e. The molecule has 1 aromatic heterocycles. The summed E-state index contributed by atoms with van der Waals surface area (Å²) in [4.78, 5) is 86.8. The van der Waals surface area contributed by atoms with Crippen LogP contribution in [-0.2, 0) is 47.2 Å². The molecule has 2 amide bonds. The first kappa shape index (κ1) is 53.7. The van der Waals surface area contributed by atoms with Gasteiger partial charge in [0.1, 0.15) is 35.6 Å². The Morgan fingerprint density at radius 3 is 2.13 bits per heavy atom. The number of carbonyl (C=O) groups excluding carboxylic acids is 6. The van der Waals surface area contributed by atoms with Gasteiger partial charge in [-0.2, -0.15) is 0 Å². The molecular weight excluding hydrogens is 929 g/mol. The second kappa shape index (κ2) is 20.2. The van der Waals surface area contributed by atoms with E-state index in [2.05, 4.69) is 10.6 Å². The lowest BCUT2D eigenvalue weighted by atomic mass is 9.44. The van der Waals surface area contributed by atoms with Crippen LogP contribution < -0.4 is 10.6 Å². The Balaban J connectivity index is 1.61.